The van der Waals surface area contributed by atoms with E-state index in [4.69, 9.17) is 4.52 Å². The van der Waals surface area contributed by atoms with E-state index < -0.39 is 5.54 Å². The number of amides is 1. The highest BCUT2D eigenvalue weighted by Crippen LogP contribution is 2.35. The van der Waals surface area contributed by atoms with Crippen LogP contribution in [-0.4, -0.2) is 16.0 Å². The number of aryl methyl sites for hydroxylation is 1. The molecule has 1 aliphatic rings. The molecule has 1 saturated carbocycles. The number of carbonyl (C=O) groups excluding carboxylic acids is 1. The molecule has 0 unspecified atom stereocenters. The topological polar surface area (TPSA) is 68.0 Å². The van der Waals surface area contributed by atoms with E-state index in [1.165, 1.54) is 6.42 Å². The predicted octanol–water partition coefficient (Wildman–Crippen LogP) is 4.52. The van der Waals surface area contributed by atoms with Crippen LogP contribution < -0.4 is 5.32 Å². The first-order valence-electron chi connectivity index (χ1n) is 9.45. The van der Waals surface area contributed by atoms with Crippen molar-refractivity contribution in [2.24, 2.45) is 0 Å². The number of aromatic nitrogens is 2. The molecule has 27 heavy (non-hydrogen) atoms. The molecule has 138 valence electrons. The van der Waals surface area contributed by atoms with Gasteiger partial charge in [-0.15, -0.1) is 0 Å². The third-order valence-electron chi connectivity index (χ3n) is 5.26. The summed E-state index contributed by atoms with van der Waals surface area (Å²) in [5.41, 5.74) is 0.493. The van der Waals surface area contributed by atoms with Crippen LogP contribution in [0.25, 0.3) is 16.8 Å². The zero-order valence-corrected chi connectivity index (χ0v) is 15.4. The molecule has 0 spiro atoms. The van der Waals surface area contributed by atoms with Crippen molar-refractivity contribution < 1.29 is 9.32 Å². The van der Waals surface area contributed by atoms with Crippen LogP contribution in [0.3, 0.4) is 0 Å². The Morgan fingerprint density at radius 3 is 2.67 bits per heavy atom. The third kappa shape index (κ3) is 3.63. The maximum absolute atomic E-state index is 12.7. The van der Waals surface area contributed by atoms with Gasteiger partial charge in [0.05, 0.1) is 0 Å². The molecule has 0 radical (unpaired) electrons. The Hall–Kier alpha value is -2.95. The molecule has 0 saturated heterocycles. The number of fused-ring (bicyclic) bond motifs is 1. The number of nitrogens with zero attached hydrogens (tertiary/aromatic N) is 2. The second-order valence-electron chi connectivity index (χ2n) is 7.17. The van der Waals surface area contributed by atoms with Crippen LogP contribution in [-0.2, 0) is 10.3 Å². The molecule has 0 atom stereocenters. The first-order valence-corrected chi connectivity index (χ1v) is 9.45. The molecule has 1 N–H and O–H groups in total. The Morgan fingerprint density at radius 2 is 1.89 bits per heavy atom. The highest BCUT2D eigenvalue weighted by Gasteiger charge is 2.39. The molecule has 1 aliphatic carbocycles. The van der Waals surface area contributed by atoms with Crippen LogP contribution in [0.5, 0.6) is 0 Å². The first-order chi connectivity index (χ1) is 13.2. The van der Waals surface area contributed by atoms with Crippen molar-refractivity contribution in [1.29, 1.82) is 0 Å². The summed E-state index contributed by atoms with van der Waals surface area (Å²) in [5.74, 6) is 0.981. The number of hydrogen-bond donors (Lipinski definition) is 1. The molecule has 4 rings (SSSR count). The average molecular weight is 361 g/mol. The van der Waals surface area contributed by atoms with Crippen molar-refractivity contribution in [3.8, 4) is 0 Å². The maximum Gasteiger partial charge on any atom is 0.244 e. The first kappa shape index (κ1) is 17.5. The standard InChI is InChI=1S/C22H23N3O2/c1-16-23-21(25-27-16)22(14-5-2-6-15-22)24-20(26)13-12-18-10-7-9-17-8-3-4-11-19(17)18/h3-4,7-13H,2,5-6,14-15H2,1H3,(H,24,26)/b13-12+. The van der Waals surface area contributed by atoms with Gasteiger partial charge in [0.25, 0.3) is 0 Å². The van der Waals surface area contributed by atoms with Gasteiger partial charge in [-0.1, -0.05) is 66.9 Å². The number of carbonyl (C=O) groups is 1. The van der Waals surface area contributed by atoms with E-state index in [1.807, 2.05) is 30.3 Å². The van der Waals surface area contributed by atoms with E-state index in [2.05, 4.69) is 33.7 Å². The lowest BCUT2D eigenvalue weighted by Gasteiger charge is -2.34. The predicted molar refractivity (Wildman–Crippen MR) is 105 cm³/mol. The van der Waals surface area contributed by atoms with Gasteiger partial charge >= 0.3 is 0 Å². The Labute approximate surface area is 158 Å². The maximum atomic E-state index is 12.7. The molecule has 0 bridgehead atoms. The molecule has 3 aromatic rings. The second kappa shape index (κ2) is 7.35. The summed E-state index contributed by atoms with van der Waals surface area (Å²) < 4.78 is 5.17. The van der Waals surface area contributed by atoms with E-state index in [1.54, 1.807) is 13.0 Å². The van der Waals surface area contributed by atoms with Crippen LogP contribution in [0.1, 0.15) is 49.4 Å². The van der Waals surface area contributed by atoms with Gasteiger partial charge in [-0.25, -0.2) is 0 Å². The van der Waals surface area contributed by atoms with Crippen molar-refractivity contribution in [1.82, 2.24) is 15.5 Å². The minimum Gasteiger partial charge on any atom is -0.340 e. The monoisotopic (exact) mass is 361 g/mol. The van der Waals surface area contributed by atoms with E-state index in [0.29, 0.717) is 11.7 Å². The van der Waals surface area contributed by atoms with E-state index in [-0.39, 0.29) is 5.91 Å². The summed E-state index contributed by atoms with van der Waals surface area (Å²) in [5, 5.41) is 9.56. The lowest BCUT2D eigenvalue weighted by Crippen LogP contribution is -2.47. The van der Waals surface area contributed by atoms with Crippen LogP contribution in [0.15, 0.2) is 53.1 Å². The van der Waals surface area contributed by atoms with Gasteiger partial charge in [0.15, 0.2) is 5.82 Å². The lowest BCUT2D eigenvalue weighted by atomic mass is 9.81. The highest BCUT2D eigenvalue weighted by atomic mass is 16.5. The largest absolute Gasteiger partial charge is 0.340 e. The Balaban J connectivity index is 1.57. The minimum absolute atomic E-state index is 0.132. The van der Waals surface area contributed by atoms with E-state index >= 15 is 0 Å². The Kier molecular flexibility index (Phi) is 4.75. The fourth-order valence-electron chi connectivity index (χ4n) is 3.89. The summed E-state index contributed by atoms with van der Waals surface area (Å²) in [7, 11) is 0. The van der Waals surface area contributed by atoms with Crippen LogP contribution in [0.4, 0.5) is 0 Å². The second-order valence-corrected chi connectivity index (χ2v) is 7.17. The molecule has 1 fully saturated rings. The van der Waals surface area contributed by atoms with Gasteiger partial charge in [0.1, 0.15) is 5.54 Å². The summed E-state index contributed by atoms with van der Waals surface area (Å²) in [6, 6.07) is 14.3. The number of rotatable bonds is 4. The van der Waals surface area contributed by atoms with Gasteiger partial charge in [0, 0.05) is 13.0 Å². The third-order valence-corrected chi connectivity index (χ3v) is 5.26. The van der Waals surface area contributed by atoms with Crippen molar-refractivity contribution >= 4 is 22.8 Å². The molecule has 5 nitrogen and oxygen atoms in total. The molecule has 0 aliphatic heterocycles. The molecule has 2 aromatic carbocycles. The molecule has 5 heteroatoms. The summed E-state index contributed by atoms with van der Waals surface area (Å²) in [4.78, 5) is 17.1. The number of nitrogens with one attached hydrogen (secondary N) is 1. The zero-order chi connectivity index (χ0) is 18.7. The van der Waals surface area contributed by atoms with Gasteiger partial charge in [0.2, 0.25) is 11.8 Å². The van der Waals surface area contributed by atoms with Crippen molar-refractivity contribution in [3.63, 3.8) is 0 Å². The molecule has 1 heterocycles. The van der Waals surface area contributed by atoms with Crippen molar-refractivity contribution in [3.05, 3.63) is 65.8 Å². The number of hydrogen-bond acceptors (Lipinski definition) is 4. The minimum atomic E-state index is -0.532. The molecule has 1 amide bonds. The average Bonchev–Trinajstić information content (AvgIpc) is 3.14. The van der Waals surface area contributed by atoms with Crippen molar-refractivity contribution in [2.45, 2.75) is 44.6 Å². The highest BCUT2D eigenvalue weighted by molar-refractivity contribution is 5.97. The Bertz CT molecular complexity index is 979. The van der Waals surface area contributed by atoms with Gasteiger partial charge in [-0.05, 0) is 35.3 Å². The molecular formula is C22H23N3O2. The smallest absolute Gasteiger partial charge is 0.244 e. The zero-order valence-electron chi connectivity index (χ0n) is 15.4. The molecule has 1 aromatic heterocycles. The van der Waals surface area contributed by atoms with Crippen LogP contribution >= 0.6 is 0 Å². The van der Waals surface area contributed by atoms with Crippen molar-refractivity contribution in [2.75, 3.05) is 0 Å². The summed E-state index contributed by atoms with van der Waals surface area (Å²) >= 11 is 0. The summed E-state index contributed by atoms with van der Waals surface area (Å²) in [6.45, 7) is 1.77. The SMILES string of the molecule is Cc1nc(C2(NC(=O)/C=C/c3cccc4ccccc34)CCCCC2)no1. The van der Waals surface area contributed by atoms with Gasteiger partial charge in [-0.3, -0.25) is 4.79 Å². The van der Waals surface area contributed by atoms with E-state index in [9.17, 15) is 4.79 Å². The molecular weight excluding hydrogens is 338 g/mol. The Morgan fingerprint density at radius 1 is 1.11 bits per heavy atom. The van der Waals surface area contributed by atoms with E-state index in [0.717, 1.165) is 42.0 Å². The fraction of sp³-hybridized carbons (Fsp3) is 0.318. The normalized spacial score (nSPS) is 16.6. The quantitative estimate of drug-likeness (QED) is 0.694. The number of benzene rings is 2. The summed E-state index contributed by atoms with van der Waals surface area (Å²) in [6.07, 6.45) is 8.39. The fourth-order valence-corrected chi connectivity index (χ4v) is 3.89. The van der Waals surface area contributed by atoms with Gasteiger partial charge in [-0.2, -0.15) is 4.98 Å². The lowest BCUT2D eigenvalue weighted by molar-refractivity contribution is -0.119. The van der Waals surface area contributed by atoms with Crippen LogP contribution in [0.2, 0.25) is 0 Å². The van der Waals surface area contributed by atoms with Gasteiger partial charge < -0.3 is 9.84 Å². The van der Waals surface area contributed by atoms with Crippen LogP contribution in [0, 0.1) is 6.92 Å².